The van der Waals surface area contributed by atoms with Crippen LogP contribution >= 0.6 is 11.8 Å². The summed E-state index contributed by atoms with van der Waals surface area (Å²) in [5.41, 5.74) is 7.57. The summed E-state index contributed by atoms with van der Waals surface area (Å²) in [5.74, 6) is -6.11. The van der Waals surface area contributed by atoms with E-state index in [1.165, 1.54) is 0 Å². The molecule has 0 spiro atoms. The molecule has 2 rings (SSSR count). The molecule has 268 valence electrons. The Labute approximate surface area is 278 Å². The van der Waals surface area contributed by atoms with Gasteiger partial charge >= 0.3 is 41.8 Å². The van der Waals surface area contributed by atoms with E-state index in [9.17, 15) is 33.6 Å². The van der Waals surface area contributed by atoms with Gasteiger partial charge in [-0.05, 0) is 5.53 Å². The van der Waals surface area contributed by atoms with Crippen LogP contribution in [0.4, 0.5) is 0 Å². The molecule has 0 aromatic heterocycles. The van der Waals surface area contributed by atoms with Crippen molar-refractivity contribution in [1.82, 2.24) is 0 Å². The molecular weight excluding hydrogens is 670 g/mol. The summed E-state index contributed by atoms with van der Waals surface area (Å²) in [6, 6.07) is 0. The van der Waals surface area contributed by atoms with Gasteiger partial charge in [-0.1, -0.05) is 5.11 Å². The van der Waals surface area contributed by atoms with Gasteiger partial charge in [-0.25, -0.2) is 0 Å². The van der Waals surface area contributed by atoms with Crippen LogP contribution < -0.4 is 0 Å². The molecule has 2 fully saturated rings. The molecule has 2 saturated heterocycles. The Morgan fingerprint density at radius 1 is 0.583 bits per heavy atom. The van der Waals surface area contributed by atoms with Crippen molar-refractivity contribution in [2.45, 2.75) is 109 Å². The lowest BCUT2D eigenvalue weighted by Crippen LogP contribution is -2.66. The van der Waals surface area contributed by atoms with E-state index >= 15 is 0 Å². The standard InChI is InChI=1S/C27H37N3O17S/c1-11(31)38-8-18-20(40-13(3)33)22(41-14(4)34)24(43-16(6)36)26(45-18)47-21-19(9-39-12(2)32)46-27(48-10-29-30-28)25(44-17(7)37)23(21)42-15(5)35/h18-27H,8-10H2,1-7H3/t18-,19-,20+,21-,22+,23+,24-,25-,26+,27+/m1/s1. The van der Waals surface area contributed by atoms with Gasteiger partial charge in [-0.3, -0.25) is 33.6 Å². The molecule has 2 heterocycles. The zero-order valence-corrected chi connectivity index (χ0v) is 27.9. The number of azide groups is 1. The summed E-state index contributed by atoms with van der Waals surface area (Å²) in [5, 5.41) is 3.43. The second kappa shape index (κ2) is 19.0. The van der Waals surface area contributed by atoms with E-state index in [4.69, 9.17) is 52.9 Å². The molecule has 2 aliphatic rings. The Morgan fingerprint density at radius 3 is 1.46 bits per heavy atom. The number of nitrogens with zero attached hydrogens (tertiary/aromatic N) is 3. The highest BCUT2D eigenvalue weighted by atomic mass is 32.2. The van der Waals surface area contributed by atoms with Crippen LogP contribution in [0.5, 0.6) is 0 Å². The van der Waals surface area contributed by atoms with E-state index in [-0.39, 0.29) is 5.88 Å². The van der Waals surface area contributed by atoms with Crippen LogP contribution in [0.1, 0.15) is 48.5 Å². The van der Waals surface area contributed by atoms with Crippen LogP contribution in [0.2, 0.25) is 0 Å². The van der Waals surface area contributed by atoms with E-state index in [2.05, 4.69) is 10.0 Å². The van der Waals surface area contributed by atoms with Crippen molar-refractivity contribution < 1.29 is 80.9 Å². The zero-order valence-electron chi connectivity index (χ0n) is 27.1. The van der Waals surface area contributed by atoms with Crippen molar-refractivity contribution in [2.24, 2.45) is 5.11 Å². The second-order valence-corrected chi connectivity index (χ2v) is 11.2. The minimum atomic E-state index is -1.79. The van der Waals surface area contributed by atoms with Crippen molar-refractivity contribution in [3.05, 3.63) is 10.4 Å². The van der Waals surface area contributed by atoms with Crippen molar-refractivity contribution in [3.63, 3.8) is 0 Å². The first-order valence-corrected chi connectivity index (χ1v) is 15.3. The molecule has 0 radical (unpaired) electrons. The van der Waals surface area contributed by atoms with Crippen molar-refractivity contribution in [3.8, 4) is 0 Å². The first-order chi connectivity index (χ1) is 22.5. The number of hydrogen-bond acceptors (Lipinski definition) is 19. The third kappa shape index (κ3) is 12.5. The number of rotatable bonds is 14. The smallest absolute Gasteiger partial charge is 0.303 e. The molecule has 0 saturated carbocycles. The van der Waals surface area contributed by atoms with Crippen LogP contribution in [0, 0.1) is 0 Å². The summed E-state index contributed by atoms with van der Waals surface area (Å²) in [6.07, 6.45) is -13.9. The number of ether oxygens (including phenoxy) is 10. The third-order valence-electron chi connectivity index (χ3n) is 6.25. The van der Waals surface area contributed by atoms with Crippen molar-refractivity contribution in [1.29, 1.82) is 0 Å². The minimum Gasteiger partial charge on any atom is -0.463 e. The maximum absolute atomic E-state index is 12.4. The number of carbonyl (C=O) groups is 7. The summed E-state index contributed by atoms with van der Waals surface area (Å²) in [7, 11) is 0. The van der Waals surface area contributed by atoms with Gasteiger partial charge in [-0.2, -0.15) is 0 Å². The second-order valence-electron chi connectivity index (χ2n) is 10.2. The fourth-order valence-corrected chi connectivity index (χ4v) is 5.63. The summed E-state index contributed by atoms with van der Waals surface area (Å²) in [6.45, 7) is 6.31. The average Bonchev–Trinajstić information content (AvgIpc) is 2.95. The number of esters is 7. The van der Waals surface area contributed by atoms with E-state index in [0.29, 0.717) is 0 Å². The van der Waals surface area contributed by atoms with E-state index < -0.39 is 116 Å². The van der Waals surface area contributed by atoms with Crippen LogP contribution in [0.25, 0.3) is 10.4 Å². The molecule has 0 aliphatic carbocycles. The highest BCUT2D eigenvalue weighted by molar-refractivity contribution is 7.99. The summed E-state index contributed by atoms with van der Waals surface area (Å²) in [4.78, 5) is 87.4. The van der Waals surface area contributed by atoms with Crippen molar-refractivity contribution >= 4 is 53.5 Å². The lowest BCUT2D eigenvalue weighted by atomic mass is 9.96. The predicted octanol–water partition coefficient (Wildman–Crippen LogP) is 0.607. The Kier molecular flexibility index (Phi) is 15.8. The largest absolute Gasteiger partial charge is 0.463 e. The van der Waals surface area contributed by atoms with Crippen LogP contribution in [-0.4, -0.2) is 121 Å². The third-order valence-corrected chi connectivity index (χ3v) is 7.22. The normalized spacial score (nSPS) is 29.6. The lowest BCUT2D eigenvalue weighted by Gasteiger charge is -2.48. The summed E-state index contributed by atoms with van der Waals surface area (Å²) >= 11 is 0.859. The monoisotopic (exact) mass is 707 g/mol. The van der Waals surface area contributed by atoms with Gasteiger partial charge in [0.2, 0.25) is 0 Å². The molecule has 0 aromatic carbocycles. The Bertz CT molecular complexity index is 1260. The molecule has 0 aromatic rings. The summed E-state index contributed by atoms with van der Waals surface area (Å²) < 4.78 is 55.8. The number of carbonyl (C=O) groups excluding carboxylic acids is 7. The first kappa shape index (κ1) is 40.0. The number of thioether (sulfide) groups is 1. The molecule has 0 amide bonds. The first-order valence-electron chi connectivity index (χ1n) is 14.3. The lowest BCUT2D eigenvalue weighted by molar-refractivity contribution is -0.341. The van der Waals surface area contributed by atoms with Gasteiger partial charge in [0, 0.05) is 53.4 Å². The molecule has 20 nitrogen and oxygen atoms in total. The molecule has 48 heavy (non-hydrogen) atoms. The average molecular weight is 708 g/mol. The Hall–Kier alpha value is -4.17. The van der Waals surface area contributed by atoms with Crippen LogP contribution in [0.15, 0.2) is 5.11 Å². The van der Waals surface area contributed by atoms with E-state index in [1.807, 2.05) is 0 Å². The molecule has 2 aliphatic heterocycles. The zero-order chi connectivity index (χ0) is 36.1. The van der Waals surface area contributed by atoms with Gasteiger partial charge in [0.05, 0.1) is 5.88 Å². The van der Waals surface area contributed by atoms with E-state index in [1.54, 1.807) is 0 Å². The fourth-order valence-electron chi connectivity index (χ4n) is 4.74. The van der Waals surface area contributed by atoms with Gasteiger partial charge in [0.25, 0.3) is 0 Å². The number of hydrogen-bond donors (Lipinski definition) is 0. The maximum Gasteiger partial charge on any atom is 0.303 e. The molecular formula is C27H37N3O17S. The Balaban J connectivity index is 2.72. The topological polar surface area (TPSA) is 261 Å². The van der Waals surface area contributed by atoms with Crippen molar-refractivity contribution in [2.75, 3.05) is 19.1 Å². The van der Waals surface area contributed by atoms with Crippen LogP contribution in [-0.2, 0) is 80.9 Å². The minimum absolute atomic E-state index is 0.225. The molecule has 10 atom stereocenters. The molecule has 0 N–H and O–H groups in total. The van der Waals surface area contributed by atoms with Gasteiger partial charge in [0.15, 0.2) is 36.8 Å². The molecule has 0 unspecified atom stereocenters. The predicted molar refractivity (Wildman–Crippen MR) is 155 cm³/mol. The van der Waals surface area contributed by atoms with Gasteiger partial charge < -0.3 is 47.4 Å². The molecule has 0 bridgehead atoms. The quantitative estimate of drug-likeness (QED) is 0.0787. The SMILES string of the molecule is CC(=O)OC[C@H]1O[C@@H](O[C@H]2[C@H](OC(C)=O)[C@@H](OC(C)=O)[C@H](SCN=[N+]=[N-])O[C@@H]2COC(C)=O)[C@H](OC(C)=O)[C@@H](OC(C)=O)[C@H]1OC(C)=O. The molecule has 21 heteroatoms. The highest BCUT2D eigenvalue weighted by Crippen LogP contribution is 2.37. The van der Waals surface area contributed by atoms with E-state index in [0.717, 1.165) is 60.2 Å². The van der Waals surface area contributed by atoms with Crippen LogP contribution in [0.3, 0.4) is 0 Å². The van der Waals surface area contributed by atoms with Gasteiger partial charge in [0.1, 0.15) is 37.0 Å². The maximum atomic E-state index is 12.4. The van der Waals surface area contributed by atoms with Gasteiger partial charge in [-0.15, -0.1) is 11.8 Å². The fraction of sp³-hybridized carbons (Fsp3) is 0.741. The Morgan fingerprint density at radius 2 is 1.00 bits per heavy atom. The highest BCUT2D eigenvalue weighted by Gasteiger charge is 2.57.